The molecule has 2 aromatic rings. The lowest BCUT2D eigenvalue weighted by molar-refractivity contribution is -0.137. The molecule has 2 N–H and O–H groups in total. The van der Waals surface area contributed by atoms with E-state index in [0.717, 1.165) is 18.6 Å². The van der Waals surface area contributed by atoms with Crippen molar-refractivity contribution >= 4 is 11.7 Å². The van der Waals surface area contributed by atoms with Gasteiger partial charge in [-0.1, -0.05) is 49.4 Å². The van der Waals surface area contributed by atoms with Crippen LogP contribution in [0.1, 0.15) is 43.7 Å². The van der Waals surface area contributed by atoms with Crippen molar-refractivity contribution in [3.63, 3.8) is 0 Å². The van der Waals surface area contributed by atoms with Crippen LogP contribution < -0.4 is 4.74 Å². The Morgan fingerprint density at radius 2 is 1.69 bits per heavy atom. The number of ether oxygens (including phenoxy) is 1. The number of carboxylic acids is 1. The molecule has 4 nitrogen and oxygen atoms in total. The van der Waals surface area contributed by atoms with Crippen LogP contribution in [0.5, 0.6) is 5.75 Å². The van der Waals surface area contributed by atoms with Gasteiger partial charge in [0.05, 0.1) is 6.61 Å². The van der Waals surface area contributed by atoms with Crippen LogP contribution in [0.4, 0.5) is 0 Å². The second kappa shape index (κ2) is 10.4. The van der Waals surface area contributed by atoms with E-state index >= 15 is 0 Å². The van der Waals surface area contributed by atoms with Gasteiger partial charge in [-0.2, -0.15) is 0 Å². The van der Waals surface area contributed by atoms with Crippen LogP contribution in [-0.4, -0.2) is 23.4 Å². The average Bonchev–Trinajstić information content (AvgIpc) is 2.64. The summed E-state index contributed by atoms with van der Waals surface area (Å²) in [5.41, 5.74) is 3.09. The number of aliphatic carboxylic acids is 1. The Hall–Kier alpha value is -2.62. The van der Waals surface area contributed by atoms with E-state index in [4.69, 9.17) is 15.3 Å². The Kier molecular flexibility index (Phi) is 7.87. The topological polar surface area (TPSA) is 70.4 Å². The van der Waals surface area contributed by atoms with Crippen molar-refractivity contribution in [3.05, 3.63) is 65.7 Å². The molecule has 0 amide bonds. The highest BCUT2D eigenvalue weighted by Crippen LogP contribution is 2.18. The molecule has 26 heavy (non-hydrogen) atoms. The molecule has 0 radical (unpaired) electrons. The lowest BCUT2D eigenvalue weighted by atomic mass is 9.97. The zero-order valence-electron chi connectivity index (χ0n) is 15.3. The summed E-state index contributed by atoms with van der Waals surface area (Å²) >= 11 is 0. The standard InChI is InChI=1S/C22H27NO3/c1-2-19(21(23)9-6-10-22(24)25)16-26-20-13-11-18(12-14-20)15-17-7-4-3-5-8-17/h3-5,7-8,11-14,19,23H,2,6,9-10,15-16H2,1H3,(H,24,25)/t19-/m1/s1. The summed E-state index contributed by atoms with van der Waals surface area (Å²) in [5.74, 6) is 0.0316. The number of hydrogen-bond acceptors (Lipinski definition) is 3. The number of carboxylic acid groups (broad SMARTS) is 1. The molecule has 0 aliphatic rings. The van der Waals surface area contributed by atoms with Gasteiger partial charge in [-0.25, -0.2) is 0 Å². The largest absolute Gasteiger partial charge is 0.493 e. The van der Waals surface area contributed by atoms with Gasteiger partial charge in [-0.3, -0.25) is 4.79 Å². The van der Waals surface area contributed by atoms with Gasteiger partial charge in [-0.05, 0) is 48.9 Å². The molecule has 0 saturated carbocycles. The molecule has 0 bridgehead atoms. The van der Waals surface area contributed by atoms with Crippen LogP contribution in [-0.2, 0) is 11.2 Å². The molecule has 4 heteroatoms. The van der Waals surface area contributed by atoms with Crippen molar-refractivity contribution in [1.29, 1.82) is 5.41 Å². The van der Waals surface area contributed by atoms with Gasteiger partial charge in [0.15, 0.2) is 0 Å². The Labute approximate surface area is 155 Å². The molecule has 0 aromatic heterocycles. The van der Waals surface area contributed by atoms with E-state index in [2.05, 4.69) is 24.3 Å². The summed E-state index contributed by atoms with van der Waals surface area (Å²) in [6.45, 7) is 2.49. The third kappa shape index (κ3) is 6.71. The van der Waals surface area contributed by atoms with Crippen molar-refractivity contribution in [2.45, 2.75) is 39.0 Å². The van der Waals surface area contributed by atoms with Crippen molar-refractivity contribution in [3.8, 4) is 5.75 Å². The van der Waals surface area contributed by atoms with E-state index in [1.165, 1.54) is 11.1 Å². The number of benzene rings is 2. The SMILES string of the molecule is CC[C@H](COc1ccc(Cc2ccccc2)cc1)C(=N)CCCC(=O)O. The van der Waals surface area contributed by atoms with E-state index in [0.29, 0.717) is 25.2 Å². The average molecular weight is 353 g/mol. The molecule has 0 fully saturated rings. The highest BCUT2D eigenvalue weighted by molar-refractivity contribution is 5.84. The minimum absolute atomic E-state index is 0.0350. The lowest BCUT2D eigenvalue weighted by Gasteiger charge is -2.17. The van der Waals surface area contributed by atoms with Crippen LogP contribution in [0.15, 0.2) is 54.6 Å². The molecule has 1 atom stereocenters. The molecule has 0 aliphatic carbocycles. The quantitative estimate of drug-likeness (QED) is 0.561. The number of rotatable bonds is 11. The van der Waals surface area contributed by atoms with Gasteiger partial charge in [0.25, 0.3) is 0 Å². The van der Waals surface area contributed by atoms with E-state index in [9.17, 15) is 4.79 Å². The monoisotopic (exact) mass is 353 g/mol. The molecule has 0 unspecified atom stereocenters. The first kappa shape index (κ1) is 19.7. The maximum Gasteiger partial charge on any atom is 0.303 e. The van der Waals surface area contributed by atoms with Gasteiger partial charge in [0.2, 0.25) is 0 Å². The van der Waals surface area contributed by atoms with Crippen LogP contribution in [0, 0.1) is 11.3 Å². The molecule has 0 aliphatic heterocycles. The van der Waals surface area contributed by atoms with E-state index in [1.54, 1.807) is 0 Å². The summed E-state index contributed by atoms with van der Waals surface area (Å²) in [6.07, 6.45) is 2.86. The zero-order chi connectivity index (χ0) is 18.8. The lowest BCUT2D eigenvalue weighted by Crippen LogP contribution is -2.21. The van der Waals surface area contributed by atoms with Gasteiger partial charge in [0, 0.05) is 18.1 Å². The Balaban J connectivity index is 1.81. The summed E-state index contributed by atoms with van der Waals surface area (Å²) in [6, 6.07) is 18.4. The first-order valence-electron chi connectivity index (χ1n) is 9.13. The predicted molar refractivity (Wildman–Crippen MR) is 104 cm³/mol. The fraction of sp³-hybridized carbons (Fsp3) is 0.364. The Morgan fingerprint density at radius 3 is 2.31 bits per heavy atom. The van der Waals surface area contributed by atoms with Crippen molar-refractivity contribution in [1.82, 2.24) is 0 Å². The minimum Gasteiger partial charge on any atom is -0.493 e. The summed E-state index contributed by atoms with van der Waals surface area (Å²) < 4.78 is 5.86. The first-order valence-corrected chi connectivity index (χ1v) is 9.13. The Morgan fingerprint density at radius 1 is 1.04 bits per heavy atom. The third-order valence-electron chi connectivity index (χ3n) is 4.45. The minimum atomic E-state index is -0.808. The maximum absolute atomic E-state index is 10.6. The fourth-order valence-electron chi connectivity index (χ4n) is 2.83. The Bertz CT molecular complexity index is 695. The molecule has 2 rings (SSSR count). The zero-order valence-corrected chi connectivity index (χ0v) is 15.3. The van der Waals surface area contributed by atoms with Crippen molar-refractivity contribution < 1.29 is 14.6 Å². The normalized spacial score (nSPS) is 11.7. The maximum atomic E-state index is 10.6. The predicted octanol–water partition coefficient (Wildman–Crippen LogP) is 4.96. The van der Waals surface area contributed by atoms with Crippen LogP contribution in [0.2, 0.25) is 0 Å². The van der Waals surface area contributed by atoms with Crippen LogP contribution in [0.3, 0.4) is 0 Å². The van der Waals surface area contributed by atoms with Gasteiger partial charge >= 0.3 is 5.97 Å². The molecule has 2 aromatic carbocycles. The van der Waals surface area contributed by atoms with E-state index in [-0.39, 0.29) is 12.3 Å². The fourth-order valence-corrected chi connectivity index (χ4v) is 2.83. The summed E-state index contributed by atoms with van der Waals surface area (Å²) in [7, 11) is 0. The van der Waals surface area contributed by atoms with Gasteiger partial charge in [-0.15, -0.1) is 0 Å². The van der Waals surface area contributed by atoms with Gasteiger partial charge < -0.3 is 15.3 Å². The summed E-state index contributed by atoms with van der Waals surface area (Å²) in [5, 5.41) is 16.8. The van der Waals surface area contributed by atoms with Crippen molar-refractivity contribution in [2.75, 3.05) is 6.61 Å². The number of nitrogens with one attached hydrogen (secondary N) is 1. The second-order valence-corrected chi connectivity index (χ2v) is 6.50. The number of carbonyl (C=O) groups is 1. The first-order chi connectivity index (χ1) is 12.6. The van der Waals surface area contributed by atoms with Crippen LogP contribution in [0.25, 0.3) is 0 Å². The number of hydrogen-bond donors (Lipinski definition) is 2. The molecule has 0 heterocycles. The molecule has 138 valence electrons. The molecular weight excluding hydrogens is 326 g/mol. The van der Waals surface area contributed by atoms with E-state index < -0.39 is 5.97 Å². The molecule has 0 saturated heterocycles. The van der Waals surface area contributed by atoms with Crippen LogP contribution >= 0.6 is 0 Å². The van der Waals surface area contributed by atoms with E-state index in [1.807, 2.05) is 37.3 Å². The third-order valence-corrected chi connectivity index (χ3v) is 4.45. The summed E-state index contributed by atoms with van der Waals surface area (Å²) in [4.78, 5) is 10.6. The highest BCUT2D eigenvalue weighted by atomic mass is 16.5. The smallest absolute Gasteiger partial charge is 0.303 e. The molecule has 0 spiro atoms. The second-order valence-electron chi connectivity index (χ2n) is 6.50. The molecular formula is C22H27NO3. The van der Waals surface area contributed by atoms with Crippen molar-refractivity contribution in [2.24, 2.45) is 5.92 Å². The highest BCUT2D eigenvalue weighted by Gasteiger charge is 2.14. The van der Waals surface area contributed by atoms with Gasteiger partial charge in [0.1, 0.15) is 5.75 Å².